The van der Waals surface area contributed by atoms with Crippen LogP contribution in [0.5, 0.6) is 0 Å². The molecule has 0 spiro atoms. The lowest BCUT2D eigenvalue weighted by atomic mass is 10.1. The summed E-state index contributed by atoms with van der Waals surface area (Å²) in [6.07, 6.45) is 3.90. The molecule has 2 aromatic carbocycles. The highest BCUT2D eigenvalue weighted by Crippen LogP contribution is 2.20. The Labute approximate surface area is 156 Å². The quantitative estimate of drug-likeness (QED) is 0.573. The summed E-state index contributed by atoms with van der Waals surface area (Å²) in [4.78, 5) is 2.43. The molecule has 0 atom stereocenters. The second kappa shape index (κ2) is 9.39. The van der Waals surface area contributed by atoms with Gasteiger partial charge in [0.05, 0.1) is 5.56 Å². The normalized spacial score (nSPS) is 14.8. The Morgan fingerprint density at radius 2 is 1.85 bits per heavy atom. The molecule has 0 unspecified atom stereocenters. The molecule has 0 radical (unpaired) electrons. The van der Waals surface area contributed by atoms with Crippen LogP contribution < -0.4 is 5.32 Å². The number of hydrogen-bond donors (Lipinski definition) is 2. The first kappa shape index (κ1) is 18.5. The van der Waals surface area contributed by atoms with Gasteiger partial charge >= 0.3 is 0 Å². The van der Waals surface area contributed by atoms with E-state index in [0.717, 1.165) is 43.0 Å². The Morgan fingerprint density at radius 3 is 2.62 bits per heavy atom. The first-order chi connectivity index (χ1) is 12.7. The van der Waals surface area contributed by atoms with E-state index < -0.39 is 0 Å². The molecule has 4 nitrogen and oxygen atoms in total. The van der Waals surface area contributed by atoms with E-state index in [1.54, 1.807) is 0 Å². The van der Waals surface area contributed by atoms with Gasteiger partial charge in [0.2, 0.25) is 5.90 Å². The third kappa shape index (κ3) is 5.33. The van der Waals surface area contributed by atoms with Gasteiger partial charge < -0.3 is 10.1 Å². The number of rotatable bonds is 7. The van der Waals surface area contributed by atoms with Gasteiger partial charge in [0, 0.05) is 18.8 Å². The van der Waals surface area contributed by atoms with Crippen LogP contribution in [0.2, 0.25) is 0 Å². The first-order valence-electron chi connectivity index (χ1n) is 9.55. The van der Waals surface area contributed by atoms with Crippen LogP contribution in [0.3, 0.4) is 0 Å². The van der Waals surface area contributed by atoms with Crippen LogP contribution >= 0.6 is 0 Å². The summed E-state index contributed by atoms with van der Waals surface area (Å²) in [5, 5.41) is 11.8. The molecule has 0 bridgehead atoms. The predicted molar refractivity (Wildman–Crippen MR) is 108 cm³/mol. The van der Waals surface area contributed by atoms with Crippen molar-refractivity contribution in [3.8, 4) is 0 Å². The SMILES string of the molecule is Cc1ccc(NCc2ccccc2)c(C(=N)OCCN2CCCCC2)c1. The molecule has 2 N–H and O–H groups in total. The minimum atomic E-state index is 0.251. The van der Waals surface area contributed by atoms with Gasteiger partial charge in [-0.05, 0) is 50.6 Å². The molecule has 0 saturated carbocycles. The summed E-state index contributed by atoms with van der Waals surface area (Å²) in [6.45, 7) is 6.57. The fraction of sp³-hybridized carbons (Fsp3) is 0.409. The molecular formula is C22H29N3O. The lowest BCUT2D eigenvalue weighted by Gasteiger charge is -2.26. The van der Waals surface area contributed by atoms with Crippen LogP contribution in [0.15, 0.2) is 48.5 Å². The van der Waals surface area contributed by atoms with Gasteiger partial charge in [-0.2, -0.15) is 0 Å². The summed E-state index contributed by atoms with van der Waals surface area (Å²) in [7, 11) is 0. The van der Waals surface area contributed by atoms with Crippen molar-refractivity contribution in [1.82, 2.24) is 4.90 Å². The van der Waals surface area contributed by atoms with Crippen molar-refractivity contribution in [2.24, 2.45) is 0 Å². The molecule has 4 heteroatoms. The number of likely N-dealkylation sites (tertiary alicyclic amines) is 1. The van der Waals surface area contributed by atoms with Crippen molar-refractivity contribution in [2.75, 3.05) is 31.6 Å². The van der Waals surface area contributed by atoms with Crippen LogP contribution in [0, 0.1) is 12.3 Å². The Bertz CT molecular complexity index is 709. The fourth-order valence-electron chi connectivity index (χ4n) is 3.33. The molecule has 0 aliphatic carbocycles. The van der Waals surface area contributed by atoms with E-state index >= 15 is 0 Å². The Hall–Kier alpha value is -2.33. The molecule has 1 saturated heterocycles. The van der Waals surface area contributed by atoms with Gasteiger partial charge in [0.1, 0.15) is 6.61 Å². The van der Waals surface area contributed by atoms with E-state index in [0.29, 0.717) is 6.61 Å². The average molecular weight is 351 g/mol. The molecule has 0 amide bonds. The standard InChI is InChI=1S/C22H29N3O/c1-18-10-11-21(24-17-19-8-4-2-5-9-19)20(16-18)22(23)26-15-14-25-12-6-3-7-13-25/h2,4-5,8-11,16,23-24H,3,6-7,12-15,17H2,1H3. The van der Waals surface area contributed by atoms with Gasteiger partial charge in [-0.15, -0.1) is 0 Å². The Kier molecular flexibility index (Phi) is 6.67. The molecule has 1 fully saturated rings. The van der Waals surface area contributed by atoms with E-state index in [2.05, 4.69) is 28.4 Å². The molecule has 0 aromatic heterocycles. The highest BCUT2D eigenvalue weighted by Gasteiger charge is 2.13. The zero-order chi connectivity index (χ0) is 18.2. The number of piperidine rings is 1. The fourth-order valence-corrected chi connectivity index (χ4v) is 3.33. The molecule has 1 aliphatic heterocycles. The van der Waals surface area contributed by atoms with Crippen molar-refractivity contribution < 1.29 is 4.74 Å². The Balaban J connectivity index is 1.58. The van der Waals surface area contributed by atoms with Crippen LogP contribution in [0.1, 0.15) is 36.0 Å². The van der Waals surface area contributed by atoms with E-state index in [9.17, 15) is 0 Å². The summed E-state index contributed by atoms with van der Waals surface area (Å²) in [6, 6.07) is 16.4. The van der Waals surface area contributed by atoms with Crippen molar-refractivity contribution >= 4 is 11.6 Å². The number of hydrogen-bond acceptors (Lipinski definition) is 4. The monoisotopic (exact) mass is 351 g/mol. The second-order valence-corrected chi connectivity index (χ2v) is 6.97. The van der Waals surface area contributed by atoms with Crippen molar-refractivity contribution in [3.63, 3.8) is 0 Å². The highest BCUT2D eigenvalue weighted by atomic mass is 16.5. The van der Waals surface area contributed by atoms with E-state index in [1.807, 2.05) is 37.3 Å². The van der Waals surface area contributed by atoms with Crippen molar-refractivity contribution in [3.05, 3.63) is 65.2 Å². The predicted octanol–water partition coefficient (Wildman–Crippen LogP) is 4.43. The van der Waals surface area contributed by atoms with Gasteiger partial charge in [0.25, 0.3) is 0 Å². The summed E-state index contributed by atoms with van der Waals surface area (Å²) in [5.41, 5.74) is 4.13. The summed E-state index contributed by atoms with van der Waals surface area (Å²) in [5.74, 6) is 0.251. The van der Waals surface area contributed by atoms with Crippen LogP contribution in [0.4, 0.5) is 5.69 Å². The smallest absolute Gasteiger partial charge is 0.215 e. The maximum absolute atomic E-state index is 8.39. The molecule has 138 valence electrons. The van der Waals surface area contributed by atoms with Gasteiger partial charge in [-0.3, -0.25) is 10.3 Å². The van der Waals surface area contributed by atoms with Crippen molar-refractivity contribution in [1.29, 1.82) is 5.41 Å². The zero-order valence-corrected chi connectivity index (χ0v) is 15.6. The van der Waals surface area contributed by atoms with Crippen LogP contribution in [-0.4, -0.2) is 37.0 Å². The Morgan fingerprint density at radius 1 is 1.08 bits per heavy atom. The number of nitrogens with zero attached hydrogens (tertiary/aromatic N) is 1. The van der Waals surface area contributed by atoms with E-state index in [1.165, 1.54) is 24.8 Å². The second-order valence-electron chi connectivity index (χ2n) is 6.97. The lowest BCUT2D eigenvalue weighted by Crippen LogP contribution is -2.33. The number of ether oxygens (including phenoxy) is 1. The molecule has 1 aliphatic rings. The molecule has 26 heavy (non-hydrogen) atoms. The number of nitrogens with one attached hydrogen (secondary N) is 2. The molecular weight excluding hydrogens is 322 g/mol. The number of benzene rings is 2. The van der Waals surface area contributed by atoms with E-state index in [4.69, 9.17) is 10.1 Å². The number of anilines is 1. The topological polar surface area (TPSA) is 48.4 Å². The summed E-state index contributed by atoms with van der Waals surface area (Å²) >= 11 is 0. The number of aryl methyl sites for hydroxylation is 1. The van der Waals surface area contributed by atoms with Crippen LogP contribution in [0.25, 0.3) is 0 Å². The first-order valence-corrected chi connectivity index (χ1v) is 9.55. The summed E-state index contributed by atoms with van der Waals surface area (Å²) < 4.78 is 5.78. The molecule has 1 heterocycles. The molecule has 3 rings (SSSR count). The largest absolute Gasteiger partial charge is 0.476 e. The lowest BCUT2D eigenvalue weighted by molar-refractivity contribution is 0.178. The maximum Gasteiger partial charge on any atom is 0.215 e. The minimum absolute atomic E-state index is 0.251. The van der Waals surface area contributed by atoms with E-state index in [-0.39, 0.29) is 5.90 Å². The maximum atomic E-state index is 8.39. The molecule has 2 aromatic rings. The van der Waals surface area contributed by atoms with Gasteiger partial charge in [-0.1, -0.05) is 48.4 Å². The van der Waals surface area contributed by atoms with Crippen LogP contribution in [-0.2, 0) is 11.3 Å². The minimum Gasteiger partial charge on any atom is -0.476 e. The zero-order valence-electron chi connectivity index (χ0n) is 15.6. The highest BCUT2D eigenvalue weighted by molar-refractivity contribution is 5.97. The van der Waals surface area contributed by atoms with Crippen molar-refractivity contribution in [2.45, 2.75) is 32.7 Å². The van der Waals surface area contributed by atoms with Gasteiger partial charge in [-0.25, -0.2) is 0 Å². The third-order valence-electron chi connectivity index (χ3n) is 4.85. The average Bonchev–Trinajstić information content (AvgIpc) is 2.68. The van der Waals surface area contributed by atoms with Gasteiger partial charge in [0.15, 0.2) is 0 Å². The third-order valence-corrected chi connectivity index (χ3v) is 4.85.